The molecule has 0 radical (unpaired) electrons. The maximum Gasteiger partial charge on any atom is 0.165 e. The smallest absolute Gasteiger partial charge is 0.165 e. The summed E-state index contributed by atoms with van der Waals surface area (Å²) < 4.78 is 5.18. The van der Waals surface area contributed by atoms with E-state index in [1.807, 2.05) is 33.3 Å². The minimum Gasteiger partial charge on any atom is -0.371 e. The molecule has 0 spiro atoms. The summed E-state index contributed by atoms with van der Waals surface area (Å²) in [7, 11) is 3.59. The lowest BCUT2D eigenvalue weighted by Crippen LogP contribution is -2.36. The van der Waals surface area contributed by atoms with Crippen LogP contribution in [0.5, 0.6) is 0 Å². The van der Waals surface area contributed by atoms with Gasteiger partial charge in [0.2, 0.25) is 0 Å². The van der Waals surface area contributed by atoms with Crippen LogP contribution in [0.15, 0.2) is 5.51 Å². The highest BCUT2D eigenvalue weighted by atomic mass is 32.1. The molecule has 0 saturated carbocycles. The van der Waals surface area contributed by atoms with E-state index in [4.69, 9.17) is 4.74 Å². The van der Waals surface area contributed by atoms with E-state index in [9.17, 15) is 4.79 Å². The minimum atomic E-state index is -0.679. The maximum absolute atomic E-state index is 11.9. The standard InChI is InChI=1S/C13H22N2O2S/c1-10-11(18-9-14-10)8-15(4)7-6-12(16)13(2,3)17-5/h9H,6-8H2,1-5H3. The van der Waals surface area contributed by atoms with Crippen molar-refractivity contribution in [3.05, 3.63) is 16.1 Å². The summed E-state index contributed by atoms with van der Waals surface area (Å²) in [4.78, 5) is 19.5. The molecule has 0 bridgehead atoms. The Bertz CT molecular complexity index is 401. The van der Waals surface area contributed by atoms with Crippen molar-refractivity contribution in [3.8, 4) is 0 Å². The van der Waals surface area contributed by atoms with Gasteiger partial charge < -0.3 is 9.64 Å². The van der Waals surface area contributed by atoms with Crippen LogP contribution >= 0.6 is 11.3 Å². The van der Waals surface area contributed by atoms with E-state index in [2.05, 4.69) is 9.88 Å². The second-order valence-electron chi connectivity index (χ2n) is 4.99. The highest BCUT2D eigenvalue weighted by Gasteiger charge is 2.26. The van der Waals surface area contributed by atoms with Crippen LogP contribution in [0, 0.1) is 6.92 Å². The van der Waals surface area contributed by atoms with E-state index in [-0.39, 0.29) is 5.78 Å². The number of hydrogen-bond donors (Lipinski definition) is 0. The zero-order chi connectivity index (χ0) is 13.8. The Labute approximate surface area is 113 Å². The van der Waals surface area contributed by atoms with Crippen molar-refractivity contribution >= 4 is 17.1 Å². The van der Waals surface area contributed by atoms with Gasteiger partial charge in [-0.1, -0.05) is 0 Å². The van der Waals surface area contributed by atoms with Gasteiger partial charge in [-0.15, -0.1) is 11.3 Å². The maximum atomic E-state index is 11.9. The number of Topliss-reactive ketones (excluding diaryl/α,β-unsaturated/α-hetero) is 1. The molecule has 5 heteroatoms. The number of ketones is 1. The van der Waals surface area contributed by atoms with Gasteiger partial charge in [0.1, 0.15) is 5.60 Å². The molecule has 0 amide bonds. The molecule has 0 aliphatic rings. The first-order chi connectivity index (χ1) is 8.36. The van der Waals surface area contributed by atoms with Crippen molar-refractivity contribution in [1.82, 2.24) is 9.88 Å². The van der Waals surface area contributed by atoms with Gasteiger partial charge in [0.15, 0.2) is 5.78 Å². The molecule has 0 aliphatic carbocycles. The number of thiazole rings is 1. The molecule has 0 fully saturated rings. The quantitative estimate of drug-likeness (QED) is 0.762. The molecule has 0 aromatic carbocycles. The average molecular weight is 270 g/mol. The van der Waals surface area contributed by atoms with E-state index >= 15 is 0 Å². The van der Waals surface area contributed by atoms with Gasteiger partial charge in [-0.25, -0.2) is 4.98 Å². The molecule has 18 heavy (non-hydrogen) atoms. The Kier molecular flexibility index (Phi) is 5.44. The second kappa shape index (κ2) is 6.41. The third kappa shape index (κ3) is 4.15. The summed E-state index contributed by atoms with van der Waals surface area (Å²) in [5.41, 5.74) is 2.26. The van der Waals surface area contributed by atoms with E-state index in [0.29, 0.717) is 6.42 Å². The van der Waals surface area contributed by atoms with Crippen LogP contribution in [-0.4, -0.2) is 42.0 Å². The number of nitrogens with zero attached hydrogens (tertiary/aromatic N) is 2. The zero-order valence-electron chi connectivity index (χ0n) is 11.8. The second-order valence-corrected chi connectivity index (χ2v) is 5.93. The first kappa shape index (κ1) is 15.3. The molecular formula is C13H22N2O2S. The number of aryl methyl sites for hydroxylation is 1. The average Bonchev–Trinajstić information content (AvgIpc) is 2.72. The lowest BCUT2D eigenvalue weighted by atomic mass is 10.0. The van der Waals surface area contributed by atoms with Crippen LogP contribution < -0.4 is 0 Å². The molecule has 0 saturated heterocycles. The fourth-order valence-electron chi connectivity index (χ4n) is 1.51. The van der Waals surface area contributed by atoms with Gasteiger partial charge in [0.25, 0.3) is 0 Å². The summed E-state index contributed by atoms with van der Waals surface area (Å²) in [5.74, 6) is 0.137. The number of methoxy groups -OCH3 is 1. The van der Waals surface area contributed by atoms with Gasteiger partial charge in [-0.2, -0.15) is 0 Å². The minimum absolute atomic E-state index is 0.137. The van der Waals surface area contributed by atoms with Gasteiger partial charge in [-0.05, 0) is 27.8 Å². The molecule has 4 nitrogen and oxygen atoms in total. The summed E-state index contributed by atoms with van der Waals surface area (Å²) in [6.45, 7) is 7.21. The van der Waals surface area contributed by atoms with E-state index in [1.165, 1.54) is 4.88 Å². The summed E-state index contributed by atoms with van der Waals surface area (Å²) in [5, 5.41) is 0. The fourth-order valence-corrected chi connectivity index (χ4v) is 2.37. The predicted molar refractivity (Wildman–Crippen MR) is 73.9 cm³/mol. The Balaban J connectivity index is 2.40. The molecule has 0 atom stereocenters. The summed E-state index contributed by atoms with van der Waals surface area (Å²) in [6.07, 6.45) is 0.509. The molecule has 0 N–H and O–H groups in total. The van der Waals surface area contributed by atoms with Crippen LogP contribution in [0.25, 0.3) is 0 Å². The van der Waals surface area contributed by atoms with E-state index < -0.39 is 5.60 Å². The predicted octanol–water partition coefficient (Wildman–Crippen LogP) is 2.27. The molecule has 1 aromatic rings. The van der Waals surface area contributed by atoms with Gasteiger partial charge >= 0.3 is 0 Å². The number of carbonyl (C=O) groups excluding carboxylic acids is 1. The number of hydrogen-bond acceptors (Lipinski definition) is 5. The van der Waals surface area contributed by atoms with E-state index in [0.717, 1.165) is 18.8 Å². The fraction of sp³-hybridized carbons (Fsp3) is 0.692. The normalized spacial score (nSPS) is 12.1. The monoisotopic (exact) mass is 270 g/mol. The summed E-state index contributed by atoms with van der Waals surface area (Å²) >= 11 is 1.66. The zero-order valence-corrected chi connectivity index (χ0v) is 12.6. The molecule has 0 unspecified atom stereocenters. The molecular weight excluding hydrogens is 248 g/mol. The molecule has 1 heterocycles. The third-order valence-corrected chi connectivity index (χ3v) is 4.08. The topological polar surface area (TPSA) is 42.4 Å². The Morgan fingerprint density at radius 3 is 2.72 bits per heavy atom. The van der Waals surface area contributed by atoms with Crippen LogP contribution in [-0.2, 0) is 16.1 Å². The summed E-state index contributed by atoms with van der Waals surface area (Å²) in [6, 6.07) is 0. The number of aromatic nitrogens is 1. The third-order valence-electron chi connectivity index (χ3n) is 3.16. The molecule has 1 aromatic heterocycles. The van der Waals surface area contributed by atoms with Crippen LogP contribution in [0.4, 0.5) is 0 Å². The molecule has 1 rings (SSSR count). The SMILES string of the molecule is COC(C)(C)C(=O)CCN(C)Cc1scnc1C. The van der Waals surface area contributed by atoms with Crippen molar-refractivity contribution in [3.63, 3.8) is 0 Å². The van der Waals surface area contributed by atoms with Crippen molar-refractivity contribution in [2.45, 2.75) is 39.3 Å². The number of carbonyl (C=O) groups is 1. The number of rotatable bonds is 7. The largest absolute Gasteiger partial charge is 0.371 e. The van der Waals surface area contributed by atoms with Gasteiger partial charge in [0.05, 0.1) is 11.2 Å². The molecule has 102 valence electrons. The highest BCUT2D eigenvalue weighted by molar-refractivity contribution is 7.09. The highest BCUT2D eigenvalue weighted by Crippen LogP contribution is 2.15. The van der Waals surface area contributed by atoms with Crippen LogP contribution in [0.3, 0.4) is 0 Å². The Morgan fingerprint density at radius 2 is 2.22 bits per heavy atom. The van der Waals surface area contributed by atoms with Crippen LogP contribution in [0.2, 0.25) is 0 Å². The number of ether oxygens (including phenoxy) is 1. The van der Waals surface area contributed by atoms with Gasteiger partial charge in [-0.3, -0.25) is 4.79 Å². The lowest BCUT2D eigenvalue weighted by molar-refractivity contribution is -0.137. The van der Waals surface area contributed by atoms with Crippen molar-refractivity contribution in [2.24, 2.45) is 0 Å². The van der Waals surface area contributed by atoms with Crippen molar-refractivity contribution in [2.75, 3.05) is 20.7 Å². The molecule has 0 aliphatic heterocycles. The van der Waals surface area contributed by atoms with Crippen LogP contribution in [0.1, 0.15) is 30.8 Å². The van der Waals surface area contributed by atoms with Crippen molar-refractivity contribution < 1.29 is 9.53 Å². The lowest BCUT2D eigenvalue weighted by Gasteiger charge is -2.23. The van der Waals surface area contributed by atoms with Crippen molar-refractivity contribution in [1.29, 1.82) is 0 Å². The first-order valence-electron chi connectivity index (χ1n) is 6.02. The van der Waals surface area contributed by atoms with Gasteiger partial charge in [0, 0.05) is 31.5 Å². The Morgan fingerprint density at radius 1 is 1.56 bits per heavy atom. The van der Waals surface area contributed by atoms with E-state index in [1.54, 1.807) is 18.4 Å². The first-order valence-corrected chi connectivity index (χ1v) is 6.90. The Hall–Kier alpha value is -0.780.